The number of aliphatic hydroxyl groups is 1. The van der Waals surface area contributed by atoms with Gasteiger partial charge in [0.1, 0.15) is 0 Å². The Morgan fingerprint density at radius 2 is 2.10 bits per heavy atom. The SMILES string of the molecule is COC(=O)C(C)(O)CN1C(=O)N(C)Cc2ccccc21. The number of esters is 1. The van der Waals surface area contributed by atoms with E-state index in [1.165, 1.54) is 23.8 Å². The number of hydrogen-bond acceptors (Lipinski definition) is 4. The molecule has 1 N–H and O–H groups in total. The van der Waals surface area contributed by atoms with Crippen LogP contribution < -0.4 is 4.90 Å². The largest absolute Gasteiger partial charge is 0.467 e. The topological polar surface area (TPSA) is 70.1 Å². The molecule has 0 saturated heterocycles. The molecule has 1 aromatic carbocycles. The van der Waals surface area contributed by atoms with E-state index in [4.69, 9.17) is 0 Å². The summed E-state index contributed by atoms with van der Waals surface area (Å²) in [4.78, 5) is 26.8. The number of urea groups is 1. The van der Waals surface area contributed by atoms with Gasteiger partial charge in [-0.2, -0.15) is 0 Å². The number of methoxy groups -OCH3 is 1. The van der Waals surface area contributed by atoms with Crippen LogP contribution in [0, 0.1) is 0 Å². The fourth-order valence-electron chi connectivity index (χ4n) is 2.29. The van der Waals surface area contributed by atoms with Crippen LogP contribution in [0.3, 0.4) is 0 Å². The molecule has 1 unspecified atom stereocenters. The van der Waals surface area contributed by atoms with Gasteiger partial charge in [-0.15, -0.1) is 0 Å². The number of fused-ring (bicyclic) bond motifs is 1. The third-order valence-electron chi connectivity index (χ3n) is 3.34. The first-order chi connectivity index (χ1) is 9.36. The number of anilines is 1. The maximum absolute atomic E-state index is 12.3. The summed E-state index contributed by atoms with van der Waals surface area (Å²) >= 11 is 0. The highest BCUT2D eigenvalue weighted by Gasteiger charge is 2.38. The number of carbonyl (C=O) groups is 2. The van der Waals surface area contributed by atoms with Gasteiger partial charge < -0.3 is 14.7 Å². The first-order valence-electron chi connectivity index (χ1n) is 6.28. The summed E-state index contributed by atoms with van der Waals surface area (Å²) in [5, 5.41) is 10.2. The van der Waals surface area contributed by atoms with Gasteiger partial charge >= 0.3 is 12.0 Å². The molecule has 2 amide bonds. The molecule has 6 nitrogen and oxygen atoms in total. The van der Waals surface area contributed by atoms with Gasteiger partial charge in [0.15, 0.2) is 5.60 Å². The number of β-amino-alcohol motifs (C(OH)–C–C–N with tert-alkyl or cyclic N) is 1. The molecule has 0 bridgehead atoms. The third kappa shape index (κ3) is 2.46. The van der Waals surface area contributed by atoms with Gasteiger partial charge in [0.05, 0.1) is 19.3 Å². The summed E-state index contributed by atoms with van der Waals surface area (Å²) in [6.07, 6.45) is 0. The molecule has 108 valence electrons. The van der Waals surface area contributed by atoms with Crippen molar-refractivity contribution in [2.45, 2.75) is 19.1 Å². The molecule has 1 heterocycles. The highest BCUT2D eigenvalue weighted by molar-refractivity contribution is 5.96. The van der Waals surface area contributed by atoms with Crippen molar-refractivity contribution in [3.8, 4) is 0 Å². The quantitative estimate of drug-likeness (QED) is 0.837. The Hall–Kier alpha value is -2.08. The summed E-state index contributed by atoms with van der Waals surface area (Å²) in [7, 11) is 2.88. The van der Waals surface area contributed by atoms with Crippen molar-refractivity contribution in [2.24, 2.45) is 0 Å². The maximum Gasteiger partial charge on any atom is 0.339 e. The summed E-state index contributed by atoms with van der Waals surface area (Å²) < 4.78 is 4.57. The molecule has 1 atom stereocenters. The van der Waals surface area contributed by atoms with Crippen molar-refractivity contribution in [3.63, 3.8) is 0 Å². The van der Waals surface area contributed by atoms with Crippen molar-refractivity contribution in [1.82, 2.24) is 4.90 Å². The minimum Gasteiger partial charge on any atom is -0.467 e. The zero-order valence-corrected chi connectivity index (χ0v) is 11.8. The second kappa shape index (κ2) is 5.13. The molecule has 0 fully saturated rings. The van der Waals surface area contributed by atoms with Crippen LogP contribution in [0.15, 0.2) is 24.3 Å². The third-order valence-corrected chi connectivity index (χ3v) is 3.34. The van der Waals surface area contributed by atoms with Crippen LogP contribution in [0.1, 0.15) is 12.5 Å². The average molecular weight is 278 g/mol. The molecular weight excluding hydrogens is 260 g/mol. The monoisotopic (exact) mass is 278 g/mol. The van der Waals surface area contributed by atoms with Crippen molar-refractivity contribution >= 4 is 17.7 Å². The van der Waals surface area contributed by atoms with Crippen molar-refractivity contribution in [2.75, 3.05) is 25.6 Å². The Balaban J connectivity index is 2.35. The summed E-state index contributed by atoms with van der Waals surface area (Å²) in [6.45, 7) is 1.69. The molecule has 6 heteroatoms. The maximum atomic E-state index is 12.3. The number of nitrogens with zero attached hydrogens (tertiary/aromatic N) is 2. The Kier molecular flexibility index (Phi) is 3.67. The number of ether oxygens (including phenoxy) is 1. The van der Waals surface area contributed by atoms with Gasteiger partial charge in [0, 0.05) is 13.6 Å². The van der Waals surface area contributed by atoms with Crippen LogP contribution in [0.2, 0.25) is 0 Å². The molecular formula is C14H18N2O4. The predicted octanol–water partition coefficient (Wildman–Crippen LogP) is 0.982. The molecule has 0 saturated carbocycles. The van der Waals surface area contributed by atoms with Crippen LogP contribution in [-0.4, -0.2) is 48.3 Å². The zero-order valence-electron chi connectivity index (χ0n) is 11.8. The number of para-hydroxylation sites is 1. The number of carbonyl (C=O) groups excluding carboxylic acids is 2. The van der Waals surface area contributed by atoms with E-state index in [1.807, 2.05) is 18.2 Å². The lowest BCUT2D eigenvalue weighted by molar-refractivity contribution is -0.159. The Bertz CT molecular complexity index is 542. The lowest BCUT2D eigenvalue weighted by Gasteiger charge is -2.37. The van der Waals surface area contributed by atoms with Crippen LogP contribution in [0.4, 0.5) is 10.5 Å². The van der Waals surface area contributed by atoms with E-state index in [-0.39, 0.29) is 12.6 Å². The molecule has 20 heavy (non-hydrogen) atoms. The lowest BCUT2D eigenvalue weighted by Crippen LogP contribution is -2.54. The Labute approximate surface area is 117 Å². The van der Waals surface area contributed by atoms with Gasteiger partial charge in [-0.1, -0.05) is 18.2 Å². The van der Waals surface area contributed by atoms with E-state index in [9.17, 15) is 14.7 Å². The fourth-order valence-corrected chi connectivity index (χ4v) is 2.29. The zero-order chi connectivity index (χ0) is 14.9. The number of rotatable bonds is 3. The molecule has 2 rings (SSSR count). The molecule has 0 spiro atoms. The van der Waals surface area contributed by atoms with Crippen LogP contribution in [-0.2, 0) is 16.1 Å². The number of amides is 2. The molecule has 0 aromatic heterocycles. The van der Waals surface area contributed by atoms with Crippen molar-refractivity contribution in [1.29, 1.82) is 0 Å². The van der Waals surface area contributed by atoms with E-state index in [0.29, 0.717) is 12.2 Å². The highest BCUT2D eigenvalue weighted by Crippen LogP contribution is 2.29. The van der Waals surface area contributed by atoms with E-state index in [1.54, 1.807) is 13.1 Å². The first kappa shape index (κ1) is 14.3. The van der Waals surface area contributed by atoms with Crippen LogP contribution >= 0.6 is 0 Å². The van der Waals surface area contributed by atoms with E-state index in [0.717, 1.165) is 5.56 Å². The van der Waals surface area contributed by atoms with Gasteiger partial charge in [0.2, 0.25) is 0 Å². The second-order valence-corrected chi connectivity index (χ2v) is 5.12. The van der Waals surface area contributed by atoms with E-state index < -0.39 is 11.6 Å². The Morgan fingerprint density at radius 1 is 1.45 bits per heavy atom. The molecule has 1 aliphatic heterocycles. The second-order valence-electron chi connectivity index (χ2n) is 5.12. The standard InChI is InChI=1S/C14H18N2O4/c1-14(19,12(17)20-3)9-16-11-7-5-4-6-10(11)8-15(2)13(16)18/h4-7,19H,8-9H2,1-3H3. The van der Waals surface area contributed by atoms with Gasteiger partial charge in [-0.25, -0.2) is 9.59 Å². The average Bonchev–Trinajstić information content (AvgIpc) is 2.42. The minimum absolute atomic E-state index is 0.153. The van der Waals surface area contributed by atoms with Gasteiger partial charge in [-0.3, -0.25) is 4.90 Å². The van der Waals surface area contributed by atoms with Crippen molar-refractivity contribution in [3.05, 3.63) is 29.8 Å². The lowest BCUT2D eigenvalue weighted by atomic mass is 10.0. The summed E-state index contributed by atoms with van der Waals surface area (Å²) in [5.74, 6) is -0.768. The first-order valence-corrected chi connectivity index (χ1v) is 6.28. The van der Waals surface area contributed by atoms with E-state index in [2.05, 4.69) is 4.74 Å². The number of hydrogen-bond donors (Lipinski definition) is 1. The molecule has 1 aliphatic rings. The van der Waals surface area contributed by atoms with E-state index >= 15 is 0 Å². The fraction of sp³-hybridized carbons (Fsp3) is 0.429. The molecule has 0 radical (unpaired) electrons. The predicted molar refractivity (Wildman–Crippen MR) is 73.3 cm³/mol. The summed E-state index contributed by atoms with van der Waals surface area (Å²) in [5.41, 5.74) is -0.0783. The van der Waals surface area contributed by atoms with Crippen LogP contribution in [0.25, 0.3) is 0 Å². The number of benzene rings is 1. The van der Waals surface area contributed by atoms with Gasteiger partial charge in [-0.05, 0) is 18.6 Å². The van der Waals surface area contributed by atoms with Crippen molar-refractivity contribution < 1.29 is 19.4 Å². The van der Waals surface area contributed by atoms with Gasteiger partial charge in [0.25, 0.3) is 0 Å². The minimum atomic E-state index is -1.75. The highest BCUT2D eigenvalue weighted by atomic mass is 16.5. The smallest absolute Gasteiger partial charge is 0.339 e. The molecule has 0 aliphatic carbocycles. The molecule has 1 aromatic rings. The normalized spacial score (nSPS) is 17.5. The van der Waals surface area contributed by atoms with Crippen LogP contribution in [0.5, 0.6) is 0 Å². The summed E-state index contributed by atoms with van der Waals surface area (Å²) in [6, 6.07) is 7.16. The Morgan fingerprint density at radius 3 is 2.75 bits per heavy atom.